The Kier molecular flexibility index (Phi) is 3.51. The molecule has 0 atom stereocenters. The predicted molar refractivity (Wildman–Crippen MR) is 59.0 cm³/mol. The van der Waals surface area contributed by atoms with E-state index in [0.717, 1.165) is 35.2 Å². The molecule has 0 bridgehead atoms. The van der Waals surface area contributed by atoms with E-state index < -0.39 is 0 Å². The Morgan fingerprint density at radius 2 is 1.86 bits per heavy atom. The topological polar surface area (TPSA) is 69.1 Å². The molecule has 3 heteroatoms. The molecular formula is C11H16N2O. The number of anilines is 2. The van der Waals surface area contributed by atoms with E-state index in [1.807, 2.05) is 19.1 Å². The van der Waals surface area contributed by atoms with E-state index in [-0.39, 0.29) is 0 Å². The highest BCUT2D eigenvalue weighted by Gasteiger charge is 2.04. The van der Waals surface area contributed by atoms with Crippen LogP contribution in [-0.2, 0) is 17.6 Å². The third-order valence-electron chi connectivity index (χ3n) is 2.28. The summed E-state index contributed by atoms with van der Waals surface area (Å²) in [4.78, 5) is 10.2. The number of hydrogen-bond acceptors (Lipinski definition) is 3. The molecule has 0 fully saturated rings. The Morgan fingerprint density at radius 1 is 1.29 bits per heavy atom. The molecule has 0 aliphatic heterocycles. The van der Waals surface area contributed by atoms with Crippen LogP contribution in [0.5, 0.6) is 0 Å². The maximum absolute atomic E-state index is 10.2. The zero-order valence-corrected chi connectivity index (χ0v) is 8.42. The van der Waals surface area contributed by atoms with E-state index in [2.05, 4.69) is 0 Å². The largest absolute Gasteiger partial charge is 0.398 e. The van der Waals surface area contributed by atoms with Gasteiger partial charge in [0.25, 0.3) is 0 Å². The van der Waals surface area contributed by atoms with Crippen molar-refractivity contribution in [1.82, 2.24) is 0 Å². The first kappa shape index (κ1) is 10.6. The van der Waals surface area contributed by atoms with Crippen molar-refractivity contribution >= 4 is 17.7 Å². The van der Waals surface area contributed by atoms with Crippen molar-refractivity contribution in [3.05, 3.63) is 23.3 Å². The molecule has 14 heavy (non-hydrogen) atoms. The first-order valence-electron chi connectivity index (χ1n) is 4.79. The van der Waals surface area contributed by atoms with E-state index >= 15 is 0 Å². The van der Waals surface area contributed by atoms with E-state index in [1.54, 1.807) is 0 Å². The van der Waals surface area contributed by atoms with Crippen molar-refractivity contribution in [2.24, 2.45) is 0 Å². The van der Waals surface area contributed by atoms with Gasteiger partial charge >= 0.3 is 0 Å². The van der Waals surface area contributed by atoms with E-state index in [1.165, 1.54) is 0 Å². The van der Waals surface area contributed by atoms with Crippen LogP contribution in [0.3, 0.4) is 0 Å². The summed E-state index contributed by atoms with van der Waals surface area (Å²) in [5.74, 6) is 0. The van der Waals surface area contributed by atoms with Gasteiger partial charge in [-0.15, -0.1) is 0 Å². The number of nitrogen functional groups attached to an aromatic ring is 2. The van der Waals surface area contributed by atoms with Crippen LogP contribution in [0.25, 0.3) is 0 Å². The van der Waals surface area contributed by atoms with Gasteiger partial charge in [-0.3, -0.25) is 0 Å². The van der Waals surface area contributed by atoms with Gasteiger partial charge in [0, 0.05) is 17.8 Å². The molecule has 0 unspecified atom stereocenters. The fraction of sp³-hybridized carbons (Fsp3) is 0.364. The summed E-state index contributed by atoms with van der Waals surface area (Å²) in [6.45, 7) is 2.02. The van der Waals surface area contributed by atoms with Crippen LogP contribution >= 0.6 is 0 Å². The molecule has 0 aliphatic carbocycles. The van der Waals surface area contributed by atoms with Crippen LogP contribution in [0.1, 0.15) is 24.5 Å². The number of carbonyl (C=O) groups is 1. The van der Waals surface area contributed by atoms with Crippen molar-refractivity contribution in [1.29, 1.82) is 0 Å². The molecule has 0 aliphatic rings. The second kappa shape index (κ2) is 4.65. The average Bonchev–Trinajstić information content (AvgIpc) is 2.14. The summed E-state index contributed by atoms with van der Waals surface area (Å²) in [7, 11) is 0. The lowest BCUT2D eigenvalue weighted by Crippen LogP contribution is -2.01. The van der Waals surface area contributed by atoms with Crippen LogP contribution in [0.2, 0.25) is 0 Å². The minimum absolute atomic E-state index is 0.518. The van der Waals surface area contributed by atoms with Gasteiger partial charge in [-0.2, -0.15) is 0 Å². The van der Waals surface area contributed by atoms with Gasteiger partial charge in [0.2, 0.25) is 0 Å². The molecule has 1 rings (SSSR count). The molecule has 0 amide bonds. The molecule has 0 heterocycles. The molecule has 0 saturated carbocycles. The fourth-order valence-electron chi connectivity index (χ4n) is 1.56. The Morgan fingerprint density at radius 3 is 2.29 bits per heavy atom. The molecule has 3 nitrogen and oxygen atoms in total. The lowest BCUT2D eigenvalue weighted by Gasteiger charge is -2.09. The van der Waals surface area contributed by atoms with E-state index in [9.17, 15) is 4.79 Å². The molecule has 0 aromatic heterocycles. The highest BCUT2D eigenvalue weighted by atomic mass is 16.1. The highest BCUT2D eigenvalue weighted by Crippen LogP contribution is 2.23. The molecule has 1 aromatic carbocycles. The Labute approximate surface area is 84.1 Å². The van der Waals surface area contributed by atoms with Gasteiger partial charge in [0.15, 0.2) is 0 Å². The van der Waals surface area contributed by atoms with Crippen LogP contribution in [0, 0.1) is 0 Å². The van der Waals surface area contributed by atoms with Crippen LogP contribution in [0.4, 0.5) is 11.4 Å². The molecule has 0 spiro atoms. The number of benzene rings is 1. The Balaban J connectivity index is 2.95. The lowest BCUT2D eigenvalue weighted by atomic mass is 10.0. The Hall–Kier alpha value is -1.51. The maximum atomic E-state index is 10.2. The molecular weight excluding hydrogens is 176 g/mol. The number of aryl methyl sites for hydroxylation is 1. The summed E-state index contributed by atoms with van der Waals surface area (Å²) in [6, 6.07) is 3.80. The Bertz CT molecular complexity index is 311. The summed E-state index contributed by atoms with van der Waals surface area (Å²) in [6.07, 6.45) is 2.97. The summed E-state index contributed by atoms with van der Waals surface area (Å²) < 4.78 is 0. The first-order valence-corrected chi connectivity index (χ1v) is 4.79. The molecule has 1 aromatic rings. The quantitative estimate of drug-likeness (QED) is 0.561. The van der Waals surface area contributed by atoms with Gasteiger partial charge in [-0.25, -0.2) is 0 Å². The summed E-state index contributed by atoms with van der Waals surface area (Å²) >= 11 is 0. The maximum Gasteiger partial charge on any atom is 0.120 e. The molecule has 0 saturated heterocycles. The first-order chi connectivity index (χ1) is 6.69. The van der Waals surface area contributed by atoms with Gasteiger partial charge in [0.05, 0.1) is 0 Å². The zero-order valence-electron chi connectivity index (χ0n) is 8.42. The van der Waals surface area contributed by atoms with Crippen LogP contribution in [-0.4, -0.2) is 6.29 Å². The lowest BCUT2D eigenvalue weighted by molar-refractivity contribution is -0.107. The molecule has 76 valence electrons. The number of hydrogen-bond donors (Lipinski definition) is 2. The fourth-order valence-corrected chi connectivity index (χ4v) is 1.56. The summed E-state index contributed by atoms with van der Waals surface area (Å²) in [5.41, 5.74) is 15.2. The number of aldehydes is 1. The van der Waals surface area contributed by atoms with Crippen molar-refractivity contribution in [2.45, 2.75) is 26.2 Å². The second-order valence-corrected chi connectivity index (χ2v) is 3.31. The third-order valence-corrected chi connectivity index (χ3v) is 2.28. The smallest absolute Gasteiger partial charge is 0.120 e. The SMILES string of the molecule is CCc1c(N)cc(CCC=O)cc1N. The van der Waals surface area contributed by atoms with Gasteiger partial charge < -0.3 is 16.3 Å². The summed E-state index contributed by atoms with van der Waals surface area (Å²) in [5, 5.41) is 0. The van der Waals surface area contributed by atoms with Gasteiger partial charge in [-0.1, -0.05) is 6.92 Å². The normalized spacial score (nSPS) is 10.1. The van der Waals surface area contributed by atoms with Crippen molar-refractivity contribution in [3.8, 4) is 0 Å². The minimum Gasteiger partial charge on any atom is -0.398 e. The molecule has 4 N–H and O–H groups in total. The monoisotopic (exact) mass is 192 g/mol. The van der Waals surface area contributed by atoms with Crippen molar-refractivity contribution in [2.75, 3.05) is 11.5 Å². The standard InChI is InChI=1S/C11H16N2O/c1-2-9-10(12)6-8(4-3-5-14)7-11(9)13/h5-7H,2-4,12-13H2,1H3. The van der Waals surface area contributed by atoms with E-state index in [0.29, 0.717) is 12.8 Å². The zero-order chi connectivity index (χ0) is 10.6. The number of nitrogens with two attached hydrogens (primary N) is 2. The second-order valence-electron chi connectivity index (χ2n) is 3.31. The highest BCUT2D eigenvalue weighted by molar-refractivity contribution is 5.63. The average molecular weight is 192 g/mol. The van der Waals surface area contributed by atoms with Gasteiger partial charge in [-0.05, 0) is 36.1 Å². The third kappa shape index (κ3) is 2.25. The minimum atomic E-state index is 0.518. The van der Waals surface area contributed by atoms with Crippen LogP contribution in [0.15, 0.2) is 12.1 Å². The van der Waals surface area contributed by atoms with Crippen molar-refractivity contribution < 1.29 is 4.79 Å². The van der Waals surface area contributed by atoms with Crippen molar-refractivity contribution in [3.63, 3.8) is 0 Å². The molecule has 0 radical (unpaired) electrons. The predicted octanol–water partition coefficient (Wildman–Crippen LogP) is 1.54. The van der Waals surface area contributed by atoms with E-state index in [4.69, 9.17) is 11.5 Å². The van der Waals surface area contributed by atoms with Gasteiger partial charge in [0.1, 0.15) is 6.29 Å². The number of rotatable bonds is 4. The number of carbonyl (C=O) groups excluding carboxylic acids is 1. The van der Waals surface area contributed by atoms with Crippen LogP contribution < -0.4 is 11.5 Å².